The molecule has 0 N–H and O–H groups in total. The Balaban J connectivity index is 2.39. The molecule has 0 saturated carbocycles. The van der Waals surface area contributed by atoms with E-state index < -0.39 is 16.1 Å². The van der Waals surface area contributed by atoms with Crippen LogP contribution in [0.2, 0.25) is 0 Å². The van der Waals surface area contributed by atoms with Gasteiger partial charge in [-0.15, -0.1) is 0 Å². The zero-order chi connectivity index (χ0) is 17.7. The predicted molar refractivity (Wildman–Crippen MR) is 90.9 cm³/mol. The molecule has 2 rings (SSSR count). The molecule has 2 aromatic carbocycles. The summed E-state index contributed by atoms with van der Waals surface area (Å²) in [7, 11) is -2.91. The SMILES string of the molecule is CCOc1ccc(Br)cc1S(=O)(=O)Oc1cccc(C(=O)OC)c1. The number of methoxy groups -OCH3 is 1. The molecule has 8 heteroatoms. The normalized spacial score (nSPS) is 11.0. The predicted octanol–water partition coefficient (Wildman–Crippen LogP) is 3.40. The van der Waals surface area contributed by atoms with E-state index in [0.717, 1.165) is 0 Å². The van der Waals surface area contributed by atoms with Gasteiger partial charge in [-0.3, -0.25) is 0 Å². The van der Waals surface area contributed by atoms with Gasteiger partial charge in [-0.05, 0) is 43.3 Å². The number of benzene rings is 2. The third-order valence-electron chi connectivity index (χ3n) is 2.94. The zero-order valence-corrected chi connectivity index (χ0v) is 15.4. The summed E-state index contributed by atoms with van der Waals surface area (Å²) in [5, 5.41) is 0. The van der Waals surface area contributed by atoms with Gasteiger partial charge in [0.15, 0.2) is 0 Å². The third kappa shape index (κ3) is 4.27. The minimum absolute atomic E-state index is 0.000300. The highest BCUT2D eigenvalue weighted by Gasteiger charge is 2.23. The van der Waals surface area contributed by atoms with Gasteiger partial charge in [0.25, 0.3) is 0 Å². The summed E-state index contributed by atoms with van der Waals surface area (Å²) in [5.74, 6) is -0.402. The Kier molecular flexibility index (Phi) is 5.84. The van der Waals surface area contributed by atoms with Gasteiger partial charge in [-0.2, -0.15) is 8.42 Å². The molecule has 2 aromatic rings. The van der Waals surface area contributed by atoms with Crippen molar-refractivity contribution >= 4 is 32.0 Å². The summed E-state index contributed by atoms with van der Waals surface area (Å²) >= 11 is 3.23. The van der Waals surface area contributed by atoms with Crippen LogP contribution in [-0.4, -0.2) is 28.1 Å². The van der Waals surface area contributed by atoms with Crippen molar-refractivity contribution in [1.82, 2.24) is 0 Å². The average molecular weight is 415 g/mol. The van der Waals surface area contributed by atoms with Crippen LogP contribution >= 0.6 is 15.9 Å². The van der Waals surface area contributed by atoms with Crippen molar-refractivity contribution in [2.75, 3.05) is 13.7 Å². The lowest BCUT2D eigenvalue weighted by molar-refractivity contribution is 0.0600. The molecular weight excluding hydrogens is 400 g/mol. The molecule has 0 unspecified atom stereocenters. The van der Waals surface area contributed by atoms with E-state index in [1.54, 1.807) is 13.0 Å². The third-order valence-corrected chi connectivity index (χ3v) is 4.70. The van der Waals surface area contributed by atoms with Crippen LogP contribution in [0.15, 0.2) is 51.8 Å². The Morgan fingerprint density at radius 2 is 1.92 bits per heavy atom. The summed E-state index contributed by atoms with van der Waals surface area (Å²) in [6, 6.07) is 10.3. The molecule has 0 fully saturated rings. The van der Waals surface area contributed by atoms with Crippen molar-refractivity contribution in [3.63, 3.8) is 0 Å². The minimum atomic E-state index is -4.14. The Labute approximate surface area is 148 Å². The Bertz CT molecular complexity index is 847. The summed E-state index contributed by atoms with van der Waals surface area (Å²) < 4.78 is 40.8. The average Bonchev–Trinajstić information content (AvgIpc) is 2.55. The van der Waals surface area contributed by atoms with E-state index in [-0.39, 0.29) is 22.0 Å². The summed E-state index contributed by atoms with van der Waals surface area (Å²) in [6.07, 6.45) is 0. The first kappa shape index (κ1) is 18.3. The summed E-state index contributed by atoms with van der Waals surface area (Å²) in [5.41, 5.74) is 0.185. The lowest BCUT2D eigenvalue weighted by Crippen LogP contribution is -2.12. The number of ether oxygens (including phenoxy) is 2. The van der Waals surface area contributed by atoms with E-state index >= 15 is 0 Å². The molecule has 0 aliphatic rings. The molecule has 0 saturated heterocycles. The quantitative estimate of drug-likeness (QED) is 0.532. The highest BCUT2D eigenvalue weighted by atomic mass is 79.9. The molecule has 0 atom stereocenters. The number of hydrogen-bond acceptors (Lipinski definition) is 6. The number of carbonyl (C=O) groups excluding carboxylic acids is 1. The minimum Gasteiger partial charge on any atom is -0.492 e. The molecule has 6 nitrogen and oxygen atoms in total. The molecule has 0 aromatic heterocycles. The van der Waals surface area contributed by atoms with Crippen LogP contribution < -0.4 is 8.92 Å². The van der Waals surface area contributed by atoms with Gasteiger partial charge in [-0.1, -0.05) is 22.0 Å². The van der Waals surface area contributed by atoms with Crippen molar-refractivity contribution in [2.45, 2.75) is 11.8 Å². The van der Waals surface area contributed by atoms with Gasteiger partial charge in [0.05, 0.1) is 19.3 Å². The van der Waals surface area contributed by atoms with Crippen molar-refractivity contribution in [3.8, 4) is 11.5 Å². The van der Waals surface area contributed by atoms with E-state index in [1.165, 1.54) is 43.5 Å². The largest absolute Gasteiger partial charge is 0.492 e. The number of hydrogen-bond donors (Lipinski definition) is 0. The Morgan fingerprint density at radius 3 is 2.58 bits per heavy atom. The summed E-state index contributed by atoms with van der Waals surface area (Å²) in [4.78, 5) is 11.4. The summed E-state index contributed by atoms with van der Waals surface area (Å²) in [6.45, 7) is 2.06. The monoisotopic (exact) mass is 414 g/mol. The molecule has 0 spiro atoms. The van der Waals surface area contributed by atoms with Gasteiger partial charge in [0.1, 0.15) is 16.4 Å². The van der Waals surface area contributed by atoms with Crippen LogP contribution in [-0.2, 0) is 14.9 Å². The van der Waals surface area contributed by atoms with E-state index in [9.17, 15) is 13.2 Å². The van der Waals surface area contributed by atoms with E-state index in [4.69, 9.17) is 8.92 Å². The molecule has 24 heavy (non-hydrogen) atoms. The molecule has 0 amide bonds. The van der Waals surface area contributed by atoms with Gasteiger partial charge in [0.2, 0.25) is 0 Å². The van der Waals surface area contributed by atoms with Crippen LogP contribution in [0, 0.1) is 0 Å². The van der Waals surface area contributed by atoms with Crippen LogP contribution in [0.25, 0.3) is 0 Å². The van der Waals surface area contributed by atoms with Crippen LogP contribution in [0.5, 0.6) is 11.5 Å². The van der Waals surface area contributed by atoms with Gasteiger partial charge in [-0.25, -0.2) is 4.79 Å². The van der Waals surface area contributed by atoms with E-state index in [0.29, 0.717) is 11.1 Å². The fourth-order valence-corrected chi connectivity index (χ4v) is 3.52. The van der Waals surface area contributed by atoms with Crippen LogP contribution in [0.1, 0.15) is 17.3 Å². The van der Waals surface area contributed by atoms with Gasteiger partial charge < -0.3 is 13.7 Å². The number of halogens is 1. The molecular formula is C16H15BrO6S. The van der Waals surface area contributed by atoms with Crippen LogP contribution in [0.3, 0.4) is 0 Å². The molecule has 0 radical (unpaired) electrons. The van der Waals surface area contributed by atoms with Gasteiger partial charge >= 0.3 is 16.1 Å². The number of esters is 1. The van der Waals surface area contributed by atoms with Crippen LogP contribution in [0.4, 0.5) is 0 Å². The second kappa shape index (κ2) is 7.67. The fraction of sp³-hybridized carbons (Fsp3) is 0.188. The van der Waals surface area contributed by atoms with E-state index in [1.807, 2.05) is 0 Å². The standard InChI is InChI=1S/C16H15BrO6S/c1-3-22-14-8-7-12(17)10-15(14)24(19,20)23-13-6-4-5-11(9-13)16(18)21-2/h4-10H,3H2,1-2H3. The Hall–Kier alpha value is -2.06. The molecule has 0 aliphatic carbocycles. The van der Waals surface area contributed by atoms with Gasteiger partial charge in [0, 0.05) is 4.47 Å². The molecule has 0 bridgehead atoms. The zero-order valence-electron chi connectivity index (χ0n) is 13.0. The van der Waals surface area contributed by atoms with Crippen molar-refractivity contribution in [3.05, 3.63) is 52.5 Å². The smallest absolute Gasteiger partial charge is 0.342 e. The second-order valence-corrected chi connectivity index (χ2v) is 7.01. The lowest BCUT2D eigenvalue weighted by Gasteiger charge is -2.12. The van der Waals surface area contributed by atoms with Crippen molar-refractivity contribution in [2.24, 2.45) is 0 Å². The second-order valence-electron chi connectivity index (χ2n) is 4.58. The van der Waals surface area contributed by atoms with E-state index in [2.05, 4.69) is 20.7 Å². The highest BCUT2D eigenvalue weighted by molar-refractivity contribution is 9.10. The molecule has 0 heterocycles. The Morgan fingerprint density at radius 1 is 1.17 bits per heavy atom. The molecule has 0 aliphatic heterocycles. The highest BCUT2D eigenvalue weighted by Crippen LogP contribution is 2.30. The maximum Gasteiger partial charge on any atom is 0.342 e. The lowest BCUT2D eigenvalue weighted by atomic mass is 10.2. The van der Waals surface area contributed by atoms with Crippen molar-refractivity contribution in [1.29, 1.82) is 0 Å². The maximum absolute atomic E-state index is 12.6. The first-order chi connectivity index (χ1) is 11.4. The topological polar surface area (TPSA) is 78.9 Å². The first-order valence-electron chi connectivity index (χ1n) is 6.92. The number of carbonyl (C=O) groups is 1. The first-order valence-corrected chi connectivity index (χ1v) is 9.12. The maximum atomic E-state index is 12.6. The fourth-order valence-electron chi connectivity index (χ4n) is 1.92. The number of rotatable bonds is 6. The molecule has 128 valence electrons. The van der Waals surface area contributed by atoms with Crippen molar-refractivity contribution < 1.29 is 26.9 Å².